The molecule has 0 radical (unpaired) electrons. The number of carbonyl (C=O) groups is 3. The van der Waals surface area contributed by atoms with E-state index in [1.165, 1.54) is 7.11 Å². The summed E-state index contributed by atoms with van der Waals surface area (Å²) < 4.78 is 10.6. The zero-order chi connectivity index (χ0) is 17.1. The van der Waals surface area contributed by atoms with Crippen molar-refractivity contribution in [3.63, 3.8) is 0 Å². The number of likely N-dealkylation sites (tertiary alicyclic amines) is 1. The number of imide groups is 1. The van der Waals surface area contributed by atoms with Gasteiger partial charge in [-0.05, 0) is 12.1 Å². The highest BCUT2D eigenvalue weighted by Gasteiger charge is 2.30. The highest BCUT2D eigenvalue weighted by molar-refractivity contribution is 6.05. The van der Waals surface area contributed by atoms with Crippen molar-refractivity contribution >= 4 is 23.7 Å². The van der Waals surface area contributed by atoms with E-state index < -0.39 is 5.91 Å². The zero-order valence-electron chi connectivity index (χ0n) is 12.8. The second-order valence-electron chi connectivity index (χ2n) is 5.03. The fourth-order valence-electron chi connectivity index (χ4n) is 2.31. The molecule has 0 unspecified atom stereocenters. The standard InChI is InChI=1S/C15H14N4O5/c1-23-10-5-3-2-4-9(10)14-17-18-15(24-14)16-11(20)8-19-12(21)6-7-13(19)22/h2-5H,6-8H2,1H3,(H,16,18,20). The number of hydrogen-bond donors (Lipinski definition) is 1. The maximum atomic E-state index is 11.9. The van der Waals surface area contributed by atoms with E-state index in [0.717, 1.165) is 4.90 Å². The van der Waals surface area contributed by atoms with Crippen molar-refractivity contribution in [1.29, 1.82) is 0 Å². The van der Waals surface area contributed by atoms with Crippen LogP contribution in [-0.4, -0.2) is 46.5 Å². The van der Waals surface area contributed by atoms with Gasteiger partial charge in [0, 0.05) is 12.8 Å². The highest BCUT2D eigenvalue weighted by Crippen LogP contribution is 2.29. The van der Waals surface area contributed by atoms with Crippen LogP contribution in [-0.2, 0) is 14.4 Å². The van der Waals surface area contributed by atoms with Crippen LogP contribution in [0.5, 0.6) is 5.75 Å². The molecule has 1 fully saturated rings. The normalized spacial score (nSPS) is 14.1. The van der Waals surface area contributed by atoms with Gasteiger partial charge < -0.3 is 9.15 Å². The van der Waals surface area contributed by atoms with Crippen LogP contribution >= 0.6 is 0 Å². The van der Waals surface area contributed by atoms with Crippen LogP contribution in [0.4, 0.5) is 6.01 Å². The summed E-state index contributed by atoms with van der Waals surface area (Å²) in [5, 5.41) is 9.95. The maximum absolute atomic E-state index is 11.9. The van der Waals surface area contributed by atoms with E-state index in [1.54, 1.807) is 24.3 Å². The lowest BCUT2D eigenvalue weighted by atomic mass is 10.2. The van der Waals surface area contributed by atoms with E-state index in [2.05, 4.69) is 15.5 Å². The molecule has 0 spiro atoms. The molecule has 0 atom stereocenters. The number of nitrogens with one attached hydrogen (secondary N) is 1. The summed E-state index contributed by atoms with van der Waals surface area (Å²) in [6.45, 7) is -0.371. The van der Waals surface area contributed by atoms with Crippen molar-refractivity contribution in [2.75, 3.05) is 19.0 Å². The minimum atomic E-state index is -0.589. The Morgan fingerprint density at radius 2 is 1.96 bits per heavy atom. The van der Waals surface area contributed by atoms with Crippen molar-refractivity contribution in [1.82, 2.24) is 15.1 Å². The van der Waals surface area contributed by atoms with E-state index in [4.69, 9.17) is 9.15 Å². The van der Waals surface area contributed by atoms with Gasteiger partial charge >= 0.3 is 6.01 Å². The van der Waals surface area contributed by atoms with Gasteiger partial charge in [0.05, 0.1) is 12.7 Å². The van der Waals surface area contributed by atoms with Crippen molar-refractivity contribution in [3.05, 3.63) is 24.3 Å². The molecule has 0 saturated carbocycles. The van der Waals surface area contributed by atoms with Crippen LogP contribution in [0.25, 0.3) is 11.5 Å². The lowest BCUT2D eigenvalue weighted by Gasteiger charge is -2.11. The molecule has 3 amide bonds. The molecule has 2 aromatic rings. The molecule has 1 saturated heterocycles. The first-order valence-electron chi connectivity index (χ1n) is 7.18. The number of amides is 3. The monoisotopic (exact) mass is 330 g/mol. The predicted molar refractivity (Wildman–Crippen MR) is 80.9 cm³/mol. The van der Waals surface area contributed by atoms with E-state index in [0.29, 0.717) is 11.3 Å². The SMILES string of the molecule is COc1ccccc1-c1nnc(NC(=O)CN2C(=O)CCC2=O)o1. The molecule has 1 aliphatic rings. The number of rotatable bonds is 5. The number of benzene rings is 1. The summed E-state index contributed by atoms with van der Waals surface area (Å²) in [7, 11) is 1.52. The van der Waals surface area contributed by atoms with Gasteiger partial charge in [0.2, 0.25) is 17.7 Å². The fraction of sp³-hybridized carbons (Fsp3) is 0.267. The molecule has 1 aromatic carbocycles. The first kappa shape index (κ1) is 15.7. The summed E-state index contributed by atoms with van der Waals surface area (Å²) in [5.41, 5.74) is 0.581. The zero-order valence-corrected chi connectivity index (χ0v) is 12.8. The molecular weight excluding hydrogens is 316 g/mol. The van der Waals surface area contributed by atoms with Crippen LogP contribution in [0.2, 0.25) is 0 Å². The Bertz CT molecular complexity index is 785. The van der Waals surface area contributed by atoms with E-state index in [1.807, 2.05) is 0 Å². The number of carbonyl (C=O) groups excluding carboxylic acids is 3. The minimum Gasteiger partial charge on any atom is -0.496 e. The Morgan fingerprint density at radius 3 is 2.67 bits per heavy atom. The lowest BCUT2D eigenvalue weighted by Crippen LogP contribution is -2.36. The Hall–Kier alpha value is -3.23. The quantitative estimate of drug-likeness (QED) is 0.807. The largest absolute Gasteiger partial charge is 0.496 e. The number of hydrogen-bond acceptors (Lipinski definition) is 7. The molecular formula is C15H14N4O5. The lowest BCUT2D eigenvalue weighted by molar-refractivity contribution is -0.141. The summed E-state index contributed by atoms with van der Waals surface area (Å²) >= 11 is 0. The van der Waals surface area contributed by atoms with Gasteiger partial charge in [0.1, 0.15) is 12.3 Å². The van der Waals surface area contributed by atoms with Gasteiger partial charge in [-0.1, -0.05) is 17.2 Å². The summed E-state index contributed by atoms with van der Waals surface area (Å²) in [4.78, 5) is 35.8. The topological polar surface area (TPSA) is 115 Å². The van der Waals surface area contributed by atoms with Crippen LogP contribution in [0.3, 0.4) is 0 Å². The molecule has 1 N–H and O–H groups in total. The van der Waals surface area contributed by atoms with Crippen LogP contribution < -0.4 is 10.1 Å². The summed E-state index contributed by atoms with van der Waals surface area (Å²) in [6, 6.07) is 6.93. The molecule has 0 bridgehead atoms. The van der Waals surface area contributed by atoms with E-state index in [9.17, 15) is 14.4 Å². The number of anilines is 1. The number of nitrogens with zero attached hydrogens (tertiary/aromatic N) is 3. The number of methoxy groups -OCH3 is 1. The molecule has 24 heavy (non-hydrogen) atoms. The second-order valence-corrected chi connectivity index (χ2v) is 5.03. The van der Waals surface area contributed by atoms with Gasteiger partial charge in [-0.2, -0.15) is 0 Å². The molecule has 9 nitrogen and oxygen atoms in total. The fourth-order valence-corrected chi connectivity index (χ4v) is 2.31. The Kier molecular flexibility index (Phi) is 4.23. The average molecular weight is 330 g/mol. The maximum Gasteiger partial charge on any atom is 0.322 e. The van der Waals surface area contributed by atoms with Gasteiger partial charge in [-0.25, -0.2) is 0 Å². The van der Waals surface area contributed by atoms with Crippen molar-refractivity contribution in [2.45, 2.75) is 12.8 Å². The molecule has 2 heterocycles. The third-order valence-electron chi connectivity index (χ3n) is 3.47. The van der Waals surface area contributed by atoms with Crippen molar-refractivity contribution < 1.29 is 23.5 Å². The Labute approximate surface area is 136 Å². The average Bonchev–Trinajstić information content (AvgIpc) is 3.16. The molecule has 1 aliphatic heterocycles. The smallest absolute Gasteiger partial charge is 0.322 e. The second kappa shape index (κ2) is 6.49. The van der Waals surface area contributed by atoms with Crippen molar-refractivity contribution in [2.24, 2.45) is 0 Å². The minimum absolute atomic E-state index is 0.125. The Morgan fingerprint density at radius 1 is 1.25 bits per heavy atom. The third kappa shape index (κ3) is 3.09. The van der Waals surface area contributed by atoms with Gasteiger partial charge in [0.25, 0.3) is 5.89 Å². The first-order chi connectivity index (χ1) is 11.6. The number of aromatic nitrogens is 2. The molecule has 9 heteroatoms. The van der Waals surface area contributed by atoms with Gasteiger partial charge in [-0.15, -0.1) is 5.10 Å². The van der Waals surface area contributed by atoms with Crippen molar-refractivity contribution in [3.8, 4) is 17.2 Å². The first-order valence-corrected chi connectivity index (χ1v) is 7.18. The highest BCUT2D eigenvalue weighted by atomic mass is 16.5. The van der Waals surface area contributed by atoms with Crippen LogP contribution in [0.1, 0.15) is 12.8 Å². The predicted octanol–water partition coefficient (Wildman–Crippen LogP) is 0.833. The molecule has 124 valence electrons. The van der Waals surface area contributed by atoms with E-state index >= 15 is 0 Å². The third-order valence-corrected chi connectivity index (χ3v) is 3.47. The van der Waals surface area contributed by atoms with Crippen LogP contribution in [0.15, 0.2) is 28.7 Å². The number of para-hydroxylation sites is 1. The molecule has 0 aliphatic carbocycles. The summed E-state index contributed by atoms with van der Waals surface area (Å²) in [6.07, 6.45) is 0.259. The molecule has 3 rings (SSSR count). The van der Waals surface area contributed by atoms with Gasteiger partial charge in [0.15, 0.2) is 0 Å². The van der Waals surface area contributed by atoms with Crippen LogP contribution in [0, 0.1) is 0 Å². The Balaban J connectivity index is 1.69. The van der Waals surface area contributed by atoms with E-state index in [-0.39, 0.29) is 43.1 Å². The van der Waals surface area contributed by atoms with Gasteiger partial charge in [-0.3, -0.25) is 24.6 Å². The molecule has 1 aromatic heterocycles. The number of ether oxygens (including phenoxy) is 1. The summed E-state index contributed by atoms with van der Waals surface area (Å²) in [5.74, 6) is -0.594.